The Balaban J connectivity index is 1.42. The molecule has 2 atom stereocenters. The van der Waals surface area contributed by atoms with E-state index in [1.807, 2.05) is 13.1 Å². The quantitative estimate of drug-likeness (QED) is 0.525. The molecule has 0 radical (unpaired) electrons. The van der Waals surface area contributed by atoms with E-state index in [0.717, 1.165) is 17.9 Å². The molecule has 2 aliphatic heterocycles. The molecule has 4 N–H and O–H groups in total. The van der Waals surface area contributed by atoms with E-state index < -0.39 is 24.1 Å². The van der Waals surface area contributed by atoms with Crippen LogP contribution in [0.1, 0.15) is 65.7 Å². The number of imide groups is 1. The van der Waals surface area contributed by atoms with Crippen molar-refractivity contribution in [3.8, 4) is 0 Å². The molecule has 0 aromatic heterocycles. The molecule has 3 aliphatic rings. The fraction of sp³-hybridized carbons (Fsp3) is 0.591. The van der Waals surface area contributed by atoms with Gasteiger partial charge in [-0.05, 0) is 63.6 Å². The summed E-state index contributed by atoms with van der Waals surface area (Å²) in [4.78, 5) is 38.6. The number of amides is 3. The predicted octanol–water partition coefficient (Wildman–Crippen LogP) is 1.46. The summed E-state index contributed by atoms with van der Waals surface area (Å²) in [6.45, 7) is 0.745. The maximum Gasteiger partial charge on any atom is 0.264 e. The Morgan fingerprint density at radius 3 is 2.57 bits per heavy atom. The number of carbonyl (C=O) groups excluding carboxylic acids is 3. The largest absolute Gasteiger partial charge is 0.384 e. The van der Waals surface area contributed by atoms with E-state index >= 15 is 0 Å². The topological polar surface area (TPSA) is 111 Å². The molecule has 0 spiro atoms. The van der Waals surface area contributed by atoms with Crippen molar-refractivity contribution >= 4 is 23.4 Å². The molecular weight excluding hydrogens is 384 g/mol. The van der Waals surface area contributed by atoms with Crippen LogP contribution in [0.4, 0.5) is 5.69 Å². The minimum absolute atomic E-state index is 0.177. The van der Waals surface area contributed by atoms with Crippen LogP contribution in [0.15, 0.2) is 18.2 Å². The van der Waals surface area contributed by atoms with Crippen molar-refractivity contribution in [2.75, 3.05) is 18.9 Å². The zero-order chi connectivity index (χ0) is 21.3. The van der Waals surface area contributed by atoms with Crippen LogP contribution < -0.4 is 16.0 Å². The van der Waals surface area contributed by atoms with Crippen LogP contribution in [0.2, 0.25) is 0 Å². The van der Waals surface area contributed by atoms with Crippen molar-refractivity contribution in [3.05, 3.63) is 29.3 Å². The standard InChI is InChI=1S/C22H30N4O4/c1-23-14-7-5-13(6-8-14)11-12-24-16-4-2-3-15-19(16)22(30)26(21(15)29)17-9-10-18(27)25-20(17)28/h2-4,13-14,17,20,23-24,28H,5-12H2,1H3,(H,25,27)/t13-,14+,17?,20?. The fourth-order valence-electron chi connectivity index (χ4n) is 4.94. The smallest absolute Gasteiger partial charge is 0.264 e. The number of nitrogens with zero attached hydrogens (tertiary/aromatic N) is 1. The first-order chi connectivity index (χ1) is 14.5. The van der Waals surface area contributed by atoms with Gasteiger partial charge in [0.15, 0.2) is 0 Å². The summed E-state index contributed by atoms with van der Waals surface area (Å²) in [6, 6.07) is 5.12. The third-order valence-electron chi connectivity index (χ3n) is 6.74. The monoisotopic (exact) mass is 414 g/mol. The number of aliphatic hydroxyl groups is 1. The van der Waals surface area contributed by atoms with E-state index in [1.54, 1.807) is 12.1 Å². The second-order valence-electron chi connectivity index (χ2n) is 8.55. The minimum Gasteiger partial charge on any atom is -0.384 e. The van der Waals surface area contributed by atoms with Gasteiger partial charge in [0.1, 0.15) is 6.23 Å². The Hall–Kier alpha value is -2.45. The van der Waals surface area contributed by atoms with Gasteiger partial charge in [0.2, 0.25) is 5.91 Å². The molecule has 8 nitrogen and oxygen atoms in total. The van der Waals surface area contributed by atoms with Crippen LogP contribution in [0.25, 0.3) is 0 Å². The Bertz CT molecular complexity index is 834. The van der Waals surface area contributed by atoms with E-state index in [1.165, 1.54) is 25.7 Å². The highest BCUT2D eigenvalue weighted by Crippen LogP contribution is 2.33. The van der Waals surface area contributed by atoms with Crippen LogP contribution in [-0.4, -0.2) is 59.6 Å². The molecule has 4 rings (SSSR count). The van der Waals surface area contributed by atoms with Gasteiger partial charge in [0, 0.05) is 24.7 Å². The summed E-state index contributed by atoms with van der Waals surface area (Å²) in [5.74, 6) is -0.424. The van der Waals surface area contributed by atoms with Crippen molar-refractivity contribution in [2.45, 2.75) is 63.3 Å². The molecule has 1 aromatic rings. The third-order valence-corrected chi connectivity index (χ3v) is 6.74. The van der Waals surface area contributed by atoms with Crippen LogP contribution in [0.3, 0.4) is 0 Å². The molecule has 3 amide bonds. The van der Waals surface area contributed by atoms with Crippen molar-refractivity contribution in [3.63, 3.8) is 0 Å². The van der Waals surface area contributed by atoms with Crippen LogP contribution in [-0.2, 0) is 4.79 Å². The number of carbonyl (C=O) groups is 3. The second kappa shape index (κ2) is 8.73. The van der Waals surface area contributed by atoms with E-state index in [2.05, 4.69) is 16.0 Å². The molecule has 162 valence electrons. The zero-order valence-electron chi connectivity index (χ0n) is 17.3. The van der Waals surface area contributed by atoms with Gasteiger partial charge in [-0.2, -0.15) is 0 Å². The lowest BCUT2D eigenvalue weighted by atomic mass is 9.84. The molecule has 1 aromatic carbocycles. The maximum atomic E-state index is 13.1. The number of hydrogen-bond donors (Lipinski definition) is 4. The molecule has 2 unspecified atom stereocenters. The molecule has 1 saturated heterocycles. The summed E-state index contributed by atoms with van der Waals surface area (Å²) < 4.78 is 0. The Morgan fingerprint density at radius 2 is 1.87 bits per heavy atom. The third kappa shape index (κ3) is 3.94. The van der Waals surface area contributed by atoms with Gasteiger partial charge in [-0.25, -0.2) is 0 Å². The van der Waals surface area contributed by atoms with Gasteiger partial charge >= 0.3 is 0 Å². The molecule has 0 bridgehead atoms. The molecule has 30 heavy (non-hydrogen) atoms. The Morgan fingerprint density at radius 1 is 1.10 bits per heavy atom. The number of benzene rings is 1. The maximum absolute atomic E-state index is 13.1. The van der Waals surface area contributed by atoms with E-state index in [9.17, 15) is 19.5 Å². The summed E-state index contributed by atoms with van der Waals surface area (Å²) in [6.07, 6.45) is 5.03. The average molecular weight is 415 g/mol. The van der Waals surface area contributed by atoms with E-state index in [0.29, 0.717) is 28.8 Å². The van der Waals surface area contributed by atoms with Crippen molar-refractivity contribution < 1.29 is 19.5 Å². The first-order valence-electron chi connectivity index (χ1n) is 10.9. The molecule has 2 fully saturated rings. The number of rotatable bonds is 6. The van der Waals surface area contributed by atoms with Crippen molar-refractivity contribution in [1.29, 1.82) is 0 Å². The van der Waals surface area contributed by atoms with Crippen molar-refractivity contribution in [1.82, 2.24) is 15.5 Å². The van der Waals surface area contributed by atoms with Gasteiger partial charge in [0.25, 0.3) is 11.8 Å². The summed E-state index contributed by atoms with van der Waals surface area (Å²) in [5, 5.41) is 19.3. The van der Waals surface area contributed by atoms with Gasteiger partial charge in [-0.15, -0.1) is 0 Å². The number of fused-ring (bicyclic) bond motifs is 1. The zero-order valence-corrected chi connectivity index (χ0v) is 17.3. The van der Waals surface area contributed by atoms with Crippen LogP contribution in [0.5, 0.6) is 0 Å². The summed E-state index contributed by atoms with van der Waals surface area (Å²) in [5.41, 5.74) is 1.38. The van der Waals surface area contributed by atoms with E-state index in [-0.39, 0.29) is 18.7 Å². The average Bonchev–Trinajstić information content (AvgIpc) is 3.00. The lowest BCUT2D eigenvalue weighted by Crippen LogP contribution is -2.57. The summed E-state index contributed by atoms with van der Waals surface area (Å²) >= 11 is 0. The van der Waals surface area contributed by atoms with Gasteiger partial charge in [0.05, 0.1) is 17.2 Å². The predicted molar refractivity (Wildman–Crippen MR) is 112 cm³/mol. The fourth-order valence-corrected chi connectivity index (χ4v) is 4.94. The van der Waals surface area contributed by atoms with Gasteiger partial charge < -0.3 is 21.1 Å². The highest BCUT2D eigenvalue weighted by Gasteiger charge is 2.45. The first-order valence-corrected chi connectivity index (χ1v) is 10.9. The lowest BCUT2D eigenvalue weighted by molar-refractivity contribution is -0.129. The van der Waals surface area contributed by atoms with Gasteiger partial charge in [-0.3, -0.25) is 19.3 Å². The highest BCUT2D eigenvalue weighted by atomic mass is 16.3. The molecule has 8 heteroatoms. The number of aliphatic hydroxyl groups excluding tert-OH is 1. The van der Waals surface area contributed by atoms with Crippen molar-refractivity contribution in [2.24, 2.45) is 5.92 Å². The summed E-state index contributed by atoms with van der Waals surface area (Å²) in [7, 11) is 2.02. The number of hydrogen-bond acceptors (Lipinski definition) is 6. The highest BCUT2D eigenvalue weighted by molar-refractivity contribution is 6.24. The van der Waals surface area contributed by atoms with Gasteiger partial charge in [-0.1, -0.05) is 6.07 Å². The number of anilines is 1. The molecular formula is C22H30N4O4. The van der Waals surface area contributed by atoms with E-state index in [4.69, 9.17) is 0 Å². The second-order valence-corrected chi connectivity index (χ2v) is 8.55. The number of nitrogens with one attached hydrogen (secondary N) is 3. The normalized spacial score (nSPS) is 29.0. The molecule has 1 saturated carbocycles. The lowest BCUT2D eigenvalue weighted by Gasteiger charge is -2.33. The SMILES string of the molecule is CN[C@H]1CC[C@@H](CCNc2cccc3c2C(=O)N(C2CCC(=O)NC2O)C3=O)CC1. The molecule has 2 heterocycles. The first kappa shape index (κ1) is 20.8. The molecule has 1 aliphatic carbocycles. The Kier molecular flexibility index (Phi) is 6.06. The Labute approximate surface area is 176 Å². The van der Waals surface area contributed by atoms with Crippen LogP contribution in [0, 0.1) is 5.92 Å². The minimum atomic E-state index is -1.24. The number of piperidine rings is 1. The van der Waals surface area contributed by atoms with Crippen LogP contribution >= 0.6 is 0 Å².